The molecular weight excluding hydrogens is 198 g/mol. The van der Waals surface area contributed by atoms with E-state index in [0.717, 1.165) is 25.6 Å². The highest BCUT2D eigenvalue weighted by Gasteiger charge is 2.21. The number of Topliss-reactive ketones (excluding diaryl/α,β-unsaturated/α-hetero) is 1. The largest absolute Gasteiger partial charge is 0.303 e. The summed E-state index contributed by atoms with van der Waals surface area (Å²) in [4.78, 5) is 14.2. The molecule has 2 nitrogen and oxygen atoms in total. The normalized spacial score (nSPS) is 14.2. The second-order valence-electron chi connectivity index (χ2n) is 5.83. The number of carbonyl (C=O) groups is 1. The average molecular weight is 227 g/mol. The maximum atomic E-state index is 11.8. The summed E-state index contributed by atoms with van der Waals surface area (Å²) in [5.74, 6) is 1.10. The monoisotopic (exact) mass is 227 g/mol. The van der Waals surface area contributed by atoms with Gasteiger partial charge in [-0.2, -0.15) is 0 Å². The van der Waals surface area contributed by atoms with Crippen molar-refractivity contribution in [2.75, 3.05) is 19.6 Å². The highest BCUT2D eigenvalue weighted by molar-refractivity contribution is 5.83. The van der Waals surface area contributed by atoms with Crippen LogP contribution in [0.1, 0.15) is 54.4 Å². The minimum absolute atomic E-state index is 0.185. The van der Waals surface area contributed by atoms with E-state index in [9.17, 15) is 4.79 Å². The third-order valence-corrected chi connectivity index (χ3v) is 3.21. The fourth-order valence-electron chi connectivity index (χ4n) is 1.58. The van der Waals surface area contributed by atoms with E-state index >= 15 is 0 Å². The van der Waals surface area contributed by atoms with Crippen molar-refractivity contribution in [3.05, 3.63) is 0 Å². The molecule has 0 saturated carbocycles. The lowest BCUT2D eigenvalue weighted by atomic mass is 9.89. The van der Waals surface area contributed by atoms with Gasteiger partial charge in [0.2, 0.25) is 0 Å². The lowest BCUT2D eigenvalue weighted by Gasteiger charge is -2.25. The molecule has 96 valence electrons. The minimum Gasteiger partial charge on any atom is -0.303 e. The second kappa shape index (κ2) is 7.05. The summed E-state index contributed by atoms with van der Waals surface area (Å²) < 4.78 is 0. The van der Waals surface area contributed by atoms with Gasteiger partial charge in [0, 0.05) is 24.9 Å². The van der Waals surface area contributed by atoms with Crippen LogP contribution in [0.25, 0.3) is 0 Å². The van der Waals surface area contributed by atoms with Gasteiger partial charge in [-0.3, -0.25) is 4.79 Å². The average Bonchev–Trinajstić information content (AvgIpc) is 2.21. The molecule has 0 aromatic heterocycles. The molecule has 0 spiro atoms. The zero-order chi connectivity index (χ0) is 12.8. The predicted molar refractivity (Wildman–Crippen MR) is 70.6 cm³/mol. The van der Waals surface area contributed by atoms with Gasteiger partial charge < -0.3 is 4.90 Å². The first kappa shape index (κ1) is 15.6. The van der Waals surface area contributed by atoms with E-state index in [2.05, 4.69) is 25.7 Å². The Morgan fingerprint density at radius 3 is 2.19 bits per heavy atom. The molecule has 1 atom stereocenters. The Morgan fingerprint density at radius 2 is 1.81 bits per heavy atom. The van der Waals surface area contributed by atoms with Gasteiger partial charge in [-0.1, -0.05) is 48.0 Å². The van der Waals surface area contributed by atoms with Crippen LogP contribution in [0.5, 0.6) is 0 Å². The van der Waals surface area contributed by atoms with Crippen LogP contribution in [0, 0.1) is 11.3 Å². The van der Waals surface area contributed by atoms with Crippen molar-refractivity contribution in [2.24, 2.45) is 11.3 Å². The van der Waals surface area contributed by atoms with Crippen molar-refractivity contribution in [2.45, 2.75) is 54.4 Å². The Hall–Kier alpha value is -0.370. The van der Waals surface area contributed by atoms with Crippen LogP contribution >= 0.6 is 0 Å². The summed E-state index contributed by atoms with van der Waals surface area (Å²) in [5.41, 5.74) is -0.185. The van der Waals surface area contributed by atoms with E-state index < -0.39 is 0 Å². The molecule has 0 amide bonds. The molecule has 0 bridgehead atoms. The molecule has 0 aliphatic heterocycles. The van der Waals surface area contributed by atoms with Crippen molar-refractivity contribution in [3.8, 4) is 0 Å². The van der Waals surface area contributed by atoms with E-state index in [0.29, 0.717) is 12.2 Å². The quantitative estimate of drug-likeness (QED) is 0.664. The fourth-order valence-corrected chi connectivity index (χ4v) is 1.58. The highest BCUT2D eigenvalue weighted by atomic mass is 16.1. The van der Waals surface area contributed by atoms with Gasteiger partial charge in [-0.15, -0.1) is 0 Å². The smallest absolute Gasteiger partial charge is 0.139 e. The molecule has 0 fully saturated rings. The van der Waals surface area contributed by atoms with Crippen molar-refractivity contribution in [1.29, 1.82) is 0 Å². The molecule has 0 aliphatic carbocycles. The first-order chi connectivity index (χ1) is 7.31. The Kier molecular flexibility index (Phi) is 6.89. The van der Waals surface area contributed by atoms with Gasteiger partial charge in [0.05, 0.1) is 0 Å². The molecule has 0 rings (SSSR count). The Labute approximate surface area is 101 Å². The van der Waals surface area contributed by atoms with Crippen LogP contribution in [-0.2, 0) is 4.79 Å². The SMILES string of the molecule is CCC(C)CN(CC)CCC(=O)C(C)(C)C. The lowest BCUT2D eigenvalue weighted by molar-refractivity contribution is -0.126. The van der Waals surface area contributed by atoms with Crippen LogP contribution in [-0.4, -0.2) is 30.3 Å². The molecule has 0 saturated heterocycles. The topological polar surface area (TPSA) is 20.3 Å². The summed E-state index contributed by atoms with van der Waals surface area (Å²) >= 11 is 0. The van der Waals surface area contributed by atoms with Gasteiger partial charge in [-0.25, -0.2) is 0 Å². The molecular formula is C14H29NO. The number of hydrogen-bond acceptors (Lipinski definition) is 2. The summed E-state index contributed by atoms with van der Waals surface area (Å²) in [5, 5.41) is 0. The van der Waals surface area contributed by atoms with Crippen LogP contribution in [0.4, 0.5) is 0 Å². The summed E-state index contributed by atoms with van der Waals surface area (Å²) in [7, 11) is 0. The zero-order valence-corrected chi connectivity index (χ0v) is 12.0. The molecule has 0 heterocycles. The van der Waals surface area contributed by atoms with Crippen molar-refractivity contribution in [1.82, 2.24) is 4.90 Å². The summed E-state index contributed by atoms with van der Waals surface area (Å²) in [6.07, 6.45) is 1.90. The van der Waals surface area contributed by atoms with Crippen LogP contribution in [0.15, 0.2) is 0 Å². The first-order valence-corrected chi connectivity index (χ1v) is 6.56. The van der Waals surface area contributed by atoms with Crippen molar-refractivity contribution in [3.63, 3.8) is 0 Å². The molecule has 0 aliphatic rings. The predicted octanol–water partition coefficient (Wildman–Crippen LogP) is 3.36. The molecule has 0 aromatic rings. The molecule has 1 unspecified atom stereocenters. The van der Waals surface area contributed by atoms with Crippen molar-refractivity contribution >= 4 is 5.78 Å². The first-order valence-electron chi connectivity index (χ1n) is 6.56. The Bertz CT molecular complexity index is 205. The standard InChI is InChI=1S/C14H29NO/c1-7-12(3)11-15(8-2)10-9-13(16)14(4,5)6/h12H,7-11H2,1-6H3. The maximum Gasteiger partial charge on any atom is 0.139 e. The van der Waals surface area contributed by atoms with Crippen molar-refractivity contribution < 1.29 is 4.79 Å². The Balaban J connectivity index is 4.01. The number of carbonyl (C=O) groups excluding carboxylic acids is 1. The molecule has 0 aromatic carbocycles. The third-order valence-electron chi connectivity index (χ3n) is 3.21. The summed E-state index contributed by atoms with van der Waals surface area (Å²) in [6, 6.07) is 0. The minimum atomic E-state index is -0.185. The molecule has 0 radical (unpaired) electrons. The van der Waals surface area contributed by atoms with E-state index in [1.807, 2.05) is 20.8 Å². The zero-order valence-electron chi connectivity index (χ0n) is 12.0. The van der Waals surface area contributed by atoms with Gasteiger partial charge in [0.1, 0.15) is 5.78 Å². The maximum absolute atomic E-state index is 11.8. The Morgan fingerprint density at radius 1 is 1.25 bits per heavy atom. The molecule has 0 N–H and O–H groups in total. The van der Waals surface area contributed by atoms with Gasteiger partial charge in [-0.05, 0) is 12.5 Å². The van der Waals surface area contributed by atoms with E-state index in [4.69, 9.17) is 0 Å². The molecule has 16 heavy (non-hydrogen) atoms. The second-order valence-corrected chi connectivity index (χ2v) is 5.83. The number of ketones is 1. The van der Waals surface area contributed by atoms with Gasteiger partial charge in [0.15, 0.2) is 0 Å². The number of hydrogen-bond donors (Lipinski definition) is 0. The van der Waals surface area contributed by atoms with Crippen LogP contribution in [0.3, 0.4) is 0 Å². The molecule has 2 heteroatoms. The highest BCUT2D eigenvalue weighted by Crippen LogP contribution is 2.17. The number of nitrogens with zero attached hydrogens (tertiary/aromatic N) is 1. The van der Waals surface area contributed by atoms with Gasteiger partial charge >= 0.3 is 0 Å². The third kappa shape index (κ3) is 6.26. The van der Waals surface area contributed by atoms with E-state index in [1.165, 1.54) is 6.42 Å². The number of rotatable bonds is 7. The van der Waals surface area contributed by atoms with E-state index in [-0.39, 0.29) is 5.41 Å². The summed E-state index contributed by atoms with van der Waals surface area (Å²) in [6.45, 7) is 15.7. The van der Waals surface area contributed by atoms with Crippen LogP contribution < -0.4 is 0 Å². The lowest BCUT2D eigenvalue weighted by Crippen LogP contribution is -2.32. The van der Waals surface area contributed by atoms with Crippen LogP contribution in [0.2, 0.25) is 0 Å². The van der Waals surface area contributed by atoms with E-state index in [1.54, 1.807) is 0 Å². The fraction of sp³-hybridized carbons (Fsp3) is 0.929. The van der Waals surface area contributed by atoms with Gasteiger partial charge in [0.25, 0.3) is 0 Å².